The molecule has 0 saturated heterocycles. The lowest BCUT2D eigenvalue weighted by Crippen LogP contribution is -2.19. The number of thioether (sulfide) groups is 1. The molecule has 3 rings (SSSR count). The molecule has 1 aliphatic heterocycles. The van der Waals surface area contributed by atoms with Gasteiger partial charge < -0.3 is 5.32 Å². The Hall–Kier alpha value is -0.470. The Bertz CT molecular complexity index is 346. The first kappa shape index (κ1) is 9.73. The molecule has 1 heterocycles. The summed E-state index contributed by atoms with van der Waals surface area (Å²) < 4.78 is 0. The smallest absolute Gasteiger partial charge is 0.0107 e. The van der Waals surface area contributed by atoms with Crippen molar-refractivity contribution in [1.29, 1.82) is 0 Å². The van der Waals surface area contributed by atoms with E-state index in [0.29, 0.717) is 0 Å². The van der Waals surface area contributed by atoms with E-state index in [0.717, 1.165) is 12.0 Å². The third-order valence-electron chi connectivity index (χ3n) is 3.30. The first-order valence-corrected chi connectivity index (χ1v) is 6.87. The molecule has 80 valence electrons. The van der Waals surface area contributed by atoms with Crippen molar-refractivity contribution in [3.63, 3.8) is 0 Å². The summed E-state index contributed by atoms with van der Waals surface area (Å²) in [5.74, 6) is 2.07. The second kappa shape index (κ2) is 4.18. The molecule has 0 bridgehead atoms. The van der Waals surface area contributed by atoms with Gasteiger partial charge in [-0.25, -0.2) is 0 Å². The molecule has 1 N–H and O–H groups in total. The molecular weight excluding hydrogens is 202 g/mol. The standard InChI is InChI=1S/C13H17NS/c1-2-4-13-12(3-1)10(9-15-13)7-8-14-11-5-6-11/h1-4,10-11,14H,5-9H2. The van der Waals surface area contributed by atoms with E-state index in [1.807, 2.05) is 11.8 Å². The fraction of sp³-hybridized carbons (Fsp3) is 0.538. The number of hydrogen-bond acceptors (Lipinski definition) is 2. The Morgan fingerprint density at radius 3 is 3.00 bits per heavy atom. The van der Waals surface area contributed by atoms with E-state index >= 15 is 0 Å². The Morgan fingerprint density at radius 1 is 1.27 bits per heavy atom. The summed E-state index contributed by atoms with van der Waals surface area (Å²) in [5, 5.41) is 3.61. The topological polar surface area (TPSA) is 12.0 Å². The van der Waals surface area contributed by atoms with E-state index in [-0.39, 0.29) is 0 Å². The molecule has 15 heavy (non-hydrogen) atoms. The van der Waals surface area contributed by atoms with Gasteiger partial charge >= 0.3 is 0 Å². The van der Waals surface area contributed by atoms with Gasteiger partial charge in [-0.05, 0) is 43.4 Å². The van der Waals surface area contributed by atoms with Crippen molar-refractivity contribution >= 4 is 11.8 Å². The summed E-state index contributed by atoms with van der Waals surface area (Å²) in [6.45, 7) is 1.20. The highest BCUT2D eigenvalue weighted by Crippen LogP contribution is 2.40. The molecule has 0 radical (unpaired) electrons. The highest BCUT2D eigenvalue weighted by molar-refractivity contribution is 7.99. The minimum absolute atomic E-state index is 0.789. The molecule has 2 aliphatic rings. The summed E-state index contributed by atoms with van der Waals surface area (Å²) in [4.78, 5) is 1.51. The third-order valence-corrected chi connectivity index (χ3v) is 4.55. The molecule has 0 spiro atoms. The van der Waals surface area contributed by atoms with Crippen LogP contribution in [0, 0.1) is 0 Å². The van der Waals surface area contributed by atoms with Crippen LogP contribution in [0.2, 0.25) is 0 Å². The van der Waals surface area contributed by atoms with E-state index in [2.05, 4.69) is 29.6 Å². The molecule has 2 heteroatoms. The summed E-state index contributed by atoms with van der Waals surface area (Å²) in [7, 11) is 0. The summed E-state index contributed by atoms with van der Waals surface area (Å²) in [5.41, 5.74) is 1.58. The van der Waals surface area contributed by atoms with Gasteiger partial charge in [0.2, 0.25) is 0 Å². The Labute approximate surface area is 95.6 Å². The van der Waals surface area contributed by atoms with Crippen LogP contribution in [0.4, 0.5) is 0 Å². The monoisotopic (exact) mass is 219 g/mol. The molecule has 1 atom stereocenters. The van der Waals surface area contributed by atoms with Crippen LogP contribution in [0.5, 0.6) is 0 Å². The van der Waals surface area contributed by atoms with E-state index in [1.165, 1.54) is 36.5 Å². The van der Waals surface area contributed by atoms with Crippen LogP contribution in [-0.2, 0) is 0 Å². The van der Waals surface area contributed by atoms with Crippen molar-refractivity contribution in [2.75, 3.05) is 12.3 Å². The van der Waals surface area contributed by atoms with Crippen LogP contribution in [0.3, 0.4) is 0 Å². The lowest BCUT2D eigenvalue weighted by molar-refractivity contribution is 0.597. The maximum Gasteiger partial charge on any atom is 0.0107 e. The molecule has 1 aliphatic carbocycles. The maximum atomic E-state index is 3.61. The largest absolute Gasteiger partial charge is 0.314 e. The summed E-state index contributed by atoms with van der Waals surface area (Å²) in [6, 6.07) is 9.74. The van der Waals surface area contributed by atoms with Crippen molar-refractivity contribution < 1.29 is 0 Å². The first-order chi connectivity index (χ1) is 7.43. The number of fused-ring (bicyclic) bond motifs is 1. The zero-order chi connectivity index (χ0) is 10.1. The van der Waals surface area contributed by atoms with Gasteiger partial charge in [-0.1, -0.05) is 18.2 Å². The molecule has 1 unspecified atom stereocenters. The average Bonchev–Trinajstić information content (AvgIpc) is 3.00. The second-order valence-corrected chi connectivity index (χ2v) is 5.62. The molecule has 1 saturated carbocycles. The zero-order valence-electron chi connectivity index (χ0n) is 8.91. The van der Waals surface area contributed by atoms with Crippen LogP contribution in [0.25, 0.3) is 0 Å². The molecule has 1 aromatic rings. The minimum atomic E-state index is 0.789. The van der Waals surface area contributed by atoms with Crippen LogP contribution in [0.15, 0.2) is 29.2 Å². The highest BCUT2D eigenvalue weighted by atomic mass is 32.2. The lowest BCUT2D eigenvalue weighted by atomic mass is 9.98. The average molecular weight is 219 g/mol. The first-order valence-electron chi connectivity index (χ1n) is 5.88. The number of hydrogen-bond donors (Lipinski definition) is 1. The number of nitrogens with one attached hydrogen (secondary N) is 1. The minimum Gasteiger partial charge on any atom is -0.314 e. The summed E-state index contributed by atoms with van der Waals surface area (Å²) >= 11 is 2.02. The van der Waals surface area contributed by atoms with Gasteiger partial charge in [0, 0.05) is 16.7 Å². The van der Waals surface area contributed by atoms with Crippen LogP contribution >= 0.6 is 11.8 Å². The van der Waals surface area contributed by atoms with Gasteiger partial charge in [0.15, 0.2) is 0 Å². The summed E-state index contributed by atoms with van der Waals surface area (Å²) in [6.07, 6.45) is 4.10. The Kier molecular flexibility index (Phi) is 2.72. The Morgan fingerprint density at radius 2 is 2.13 bits per heavy atom. The molecule has 1 fully saturated rings. The van der Waals surface area contributed by atoms with Gasteiger partial charge in [0.25, 0.3) is 0 Å². The van der Waals surface area contributed by atoms with Crippen molar-refractivity contribution in [2.24, 2.45) is 0 Å². The normalized spacial score (nSPS) is 24.1. The van der Waals surface area contributed by atoms with Crippen molar-refractivity contribution in [3.05, 3.63) is 29.8 Å². The van der Waals surface area contributed by atoms with E-state index < -0.39 is 0 Å². The molecule has 1 nitrogen and oxygen atoms in total. The molecule has 1 aromatic carbocycles. The van der Waals surface area contributed by atoms with Gasteiger partial charge in [0.05, 0.1) is 0 Å². The SMILES string of the molecule is c1ccc2c(c1)SCC2CCNC1CC1. The van der Waals surface area contributed by atoms with E-state index in [4.69, 9.17) is 0 Å². The van der Waals surface area contributed by atoms with Gasteiger partial charge in [-0.2, -0.15) is 0 Å². The van der Waals surface area contributed by atoms with Crippen LogP contribution < -0.4 is 5.32 Å². The quantitative estimate of drug-likeness (QED) is 0.835. The zero-order valence-corrected chi connectivity index (χ0v) is 9.72. The van der Waals surface area contributed by atoms with Gasteiger partial charge in [-0.3, -0.25) is 0 Å². The van der Waals surface area contributed by atoms with Crippen molar-refractivity contribution in [1.82, 2.24) is 5.32 Å². The lowest BCUT2D eigenvalue weighted by Gasteiger charge is -2.10. The maximum absolute atomic E-state index is 3.61. The molecular formula is C13H17NS. The van der Waals surface area contributed by atoms with E-state index in [9.17, 15) is 0 Å². The molecule has 0 amide bonds. The van der Waals surface area contributed by atoms with Gasteiger partial charge in [0.1, 0.15) is 0 Å². The van der Waals surface area contributed by atoms with Crippen LogP contribution in [-0.4, -0.2) is 18.3 Å². The third kappa shape index (κ3) is 2.21. The molecule has 0 aromatic heterocycles. The van der Waals surface area contributed by atoms with Gasteiger partial charge in [-0.15, -0.1) is 11.8 Å². The van der Waals surface area contributed by atoms with Crippen molar-refractivity contribution in [2.45, 2.75) is 36.1 Å². The fourth-order valence-corrected chi connectivity index (χ4v) is 3.52. The number of rotatable bonds is 4. The second-order valence-electron chi connectivity index (χ2n) is 4.56. The fourth-order valence-electron chi connectivity index (χ4n) is 2.22. The van der Waals surface area contributed by atoms with Crippen LogP contribution in [0.1, 0.15) is 30.7 Å². The highest BCUT2D eigenvalue weighted by Gasteiger charge is 2.24. The Balaban J connectivity index is 1.58. The van der Waals surface area contributed by atoms with Crippen molar-refractivity contribution in [3.8, 4) is 0 Å². The number of benzene rings is 1. The predicted molar refractivity (Wildman–Crippen MR) is 65.5 cm³/mol. The van der Waals surface area contributed by atoms with E-state index in [1.54, 1.807) is 5.56 Å². The predicted octanol–water partition coefficient (Wildman–Crippen LogP) is 3.02.